The maximum Gasteiger partial charge on any atom is 0.0176 e. The summed E-state index contributed by atoms with van der Waals surface area (Å²) in [5.41, 5.74) is 3.77. The Balaban J connectivity index is 0.000000735. The standard InChI is InChI=1S/C16H22N2.2ClH/c1-2-4-14-12(3-1)5-8-16(14)11-15(16)18-13-6-9-17-10-7-13;;/h1-4,13,15,17-18H,5-11H2;2*1H/t15-,16-;;/m1../s1. The molecule has 1 aliphatic heterocycles. The van der Waals surface area contributed by atoms with Crippen molar-refractivity contribution in [3.05, 3.63) is 35.4 Å². The van der Waals surface area contributed by atoms with Crippen molar-refractivity contribution in [1.82, 2.24) is 10.6 Å². The van der Waals surface area contributed by atoms with E-state index in [1.807, 2.05) is 0 Å². The van der Waals surface area contributed by atoms with Crippen LogP contribution in [0.25, 0.3) is 0 Å². The minimum absolute atomic E-state index is 0. The molecule has 4 heteroatoms. The van der Waals surface area contributed by atoms with E-state index in [9.17, 15) is 0 Å². The van der Waals surface area contributed by atoms with Crippen LogP contribution >= 0.6 is 24.8 Å². The molecule has 1 aromatic rings. The van der Waals surface area contributed by atoms with E-state index in [2.05, 4.69) is 34.9 Å². The molecule has 1 heterocycles. The van der Waals surface area contributed by atoms with Gasteiger partial charge in [-0.15, -0.1) is 24.8 Å². The van der Waals surface area contributed by atoms with Gasteiger partial charge in [-0.05, 0) is 56.3 Å². The summed E-state index contributed by atoms with van der Waals surface area (Å²) in [6, 6.07) is 10.6. The van der Waals surface area contributed by atoms with Crippen molar-refractivity contribution in [1.29, 1.82) is 0 Å². The molecule has 0 amide bonds. The summed E-state index contributed by atoms with van der Waals surface area (Å²) < 4.78 is 0. The molecule has 2 fully saturated rings. The Hall–Kier alpha value is -0.280. The van der Waals surface area contributed by atoms with Gasteiger partial charge in [-0.1, -0.05) is 24.3 Å². The van der Waals surface area contributed by atoms with Crippen LogP contribution < -0.4 is 10.6 Å². The molecule has 3 aliphatic rings. The van der Waals surface area contributed by atoms with Gasteiger partial charge in [0, 0.05) is 17.5 Å². The molecule has 112 valence electrons. The first-order chi connectivity index (χ1) is 8.88. The average Bonchev–Trinajstić information content (AvgIpc) is 2.98. The van der Waals surface area contributed by atoms with Gasteiger partial charge in [0.1, 0.15) is 0 Å². The van der Waals surface area contributed by atoms with Crippen LogP contribution in [0.4, 0.5) is 0 Å². The maximum absolute atomic E-state index is 3.93. The van der Waals surface area contributed by atoms with Gasteiger partial charge in [0.25, 0.3) is 0 Å². The van der Waals surface area contributed by atoms with E-state index in [4.69, 9.17) is 0 Å². The van der Waals surface area contributed by atoms with Gasteiger partial charge in [-0.25, -0.2) is 0 Å². The molecule has 1 spiro atoms. The molecule has 1 saturated carbocycles. The van der Waals surface area contributed by atoms with Crippen molar-refractivity contribution < 1.29 is 0 Å². The van der Waals surface area contributed by atoms with Crippen molar-refractivity contribution in [3.8, 4) is 0 Å². The SMILES string of the molecule is Cl.Cl.c1ccc2c(c1)CC[C@@]21C[C@H]1NC1CCNCC1. The normalized spacial score (nSPS) is 31.3. The van der Waals surface area contributed by atoms with Crippen molar-refractivity contribution in [2.24, 2.45) is 0 Å². The Morgan fingerprint density at radius 1 is 1.10 bits per heavy atom. The summed E-state index contributed by atoms with van der Waals surface area (Å²) in [6.07, 6.45) is 6.63. The monoisotopic (exact) mass is 314 g/mol. The number of aryl methyl sites for hydroxylation is 1. The van der Waals surface area contributed by atoms with Crippen LogP contribution in [0.2, 0.25) is 0 Å². The topological polar surface area (TPSA) is 24.1 Å². The molecular weight excluding hydrogens is 291 g/mol. The number of benzene rings is 1. The highest BCUT2D eigenvalue weighted by Crippen LogP contribution is 2.56. The zero-order chi connectivity index (χ0) is 12.0. The van der Waals surface area contributed by atoms with E-state index in [0.29, 0.717) is 5.41 Å². The maximum atomic E-state index is 3.93. The summed E-state index contributed by atoms with van der Waals surface area (Å²) in [7, 11) is 0. The molecule has 1 saturated heterocycles. The van der Waals surface area contributed by atoms with Crippen molar-refractivity contribution >= 4 is 24.8 Å². The van der Waals surface area contributed by atoms with Crippen LogP contribution in [-0.2, 0) is 11.8 Å². The molecule has 2 N–H and O–H groups in total. The zero-order valence-corrected chi connectivity index (χ0v) is 13.4. The van der Waals surface area contributed by atoms with Gasteiger partial charge in [0.2, 0.25) is 0 Å². The lowest BCUT2D eigenvalue weighted by Crippen LogP contribution is -2.42. The van der Waals surface area contributed by atoms with Crippen LogP contribution in [0, 0.1) is 0 Å². The first-order valence-corrected chi connectivity index (χ1v) is 7.44. The zero-order valence-electron chi connectivity index (χ0n) is 11.7. The predicted molar refractivity (Wildman–Crippen MR) is 88.4 cm³/mol. The average molecular weight is 315 g/mol. The van der Waals surface area contributed by atoms with Gasteiger partial charge >= 0.3 is 0 Å². The molecule has 1 aromatic carbocycles. The van der Waals surface area contributed by atoms with E-state index in [1.54, 1.807) is 11.1 Å². The Morgan fingerprint density at radius 3 is 2.65 bits per heavy atom. The van der Waals surface area contributed by atoms with E-state index in [1.165, 1.54) is 45.2 Å². The summed E-state index contributed by atoms with van der Waals surface area (Å²) in [6.45, 7) is 2.38. The number of nitrogens with one attached hydrogen (secondary N) is 2. The van der Waals surface area contributed by atoms with E-state index in [-0.39, 0.29) is 24.8 Å². The second kappa shape index (κ2) is 6.23. The van der Waals surface area contributed by atoms with Gasteiger partial charge in [0.05, 0.1) is 0 Å². The van der Waals surface area contributed by atoms with E-state index in [0.717, 1.165) is 12.1 Å². The molecule has 0 bridgehead atoms. The van der Waals surface area contributed by atoms with Gasteiger partial charge in [-0.3, -0.25) is 0 Å². The lowest BCUT2D eigenvalue weighted by Gasteiger charge is -2.25. The fourth-order valence-electron chi connectivity index (χ4n) is 4.09. The van der Waals surface area contributed by atoms with Crippen LogP contribution in [0.1, 0.15) is 36.8 Å². The van der Waals surface area contributed by atoms with Crippen LogP contribution in [0.15, 0.2) is 24.3 Å². The van der Waals surface area contributed by atoms with Gasteiger partial charge < -0.3 is 10.6 Å². The van der Waals surface area contributed by atoms with Crippen LogP contribution in [0.3, 0.4) is 0 Å². The quantitative estimate of drug-likeness (QED) is 0.877. The summed E-state index contributed by atoms with van der Waals surface area (Å²) in [5.74, 6) is 0. The minimum atomic E-state index is 0. The number of hydrogen-bond donors (Lipinski definition) is 2. The number of piperidine rings is 1. The fraction of sp³-hybridized carbons (Fsp3) is 0.625. The minimum Gasteiger partial charge on any atom is -0.317 e. The third kappa shape index (κ3) is 2.59. The summed E-state index contributed by atoms with van der Waals surface area (Å²) >= 11 is 0. The predicted octanol–water partition coefficient (Wildman–Crippen LogP) is 2.83. The Morgan fingerprint density at radius 2 is 1.85 bits per heavy atom. The van der Waals surface area contributed by atoms with Crippen LogP contribution in [0.5, 0.6) is 0 Å². The Bertz CT molecular complexity index is 460. The lowest BCUT2D eigenvalue weighted by atomic mass is 9.97. The smallest absolute Gasteiger partial charge is 0.0176 e. The summed E-state index contributed by atoms with van der Waals surface area (Å²) in [4.78, 5) is 0. The number of fused-ring (bicyclic) bond motifs is 2. The molecular formula is C16H24Cl2N2. The highest BCUT2D eigenvalue weighted by Gasteiger charge is 2.58. The Labute approximate surface area is 133 Å². The van der Waals surface area contributed by atoms with Gasteiger partial charge in [-0.2, -0.15) is 0 Å². The Kier molecular flexibility index (Phi) is 5.01. The highest BCUT2D eigenvalue weighted by molar-refractivity contribution is 5.85. The van der Waals surface area contributed by atoms with Gasteiger partial charge in [0.15, 0.2) is 0 Å². The van der Waals surface area contributed by atoms with E-state index >= 15 is 0 Å². The molecule has 4 rings (SSSR count). The largest absolute Gasteiger partial charge is 0.317 e. The fourth-order valence-corrected chi connectivity index (χ4v) is 4.09. The number of rotatable bonds is 2. The number of hydrogen-bond acceptors (Lipinski definition) is 2. The first kappa shape index (κ1) is 16.1. The first-order valence-electron chi connectivity index (χ1n) is 7.44. The molecule has 2 nitrogen and oxygen atoms in total. The van der Waals surface area contributed by atoms with Crippen molar-refractivity contribution in [2.45, 2.75) is 49.6 Å². The second-order valence-electron chi connectivity index (χ2n) is 6.26. The van der Waals surface area contributed by atoms with Crippen LogP contribution in [-0.4, -0.2) is 25.2 Å². The second-order valence-corrected chi connectivity index (χ2v) is 6.26. The van der Waals surface area contributed by atoms with E-state index < -0.39 is 0 Å². The highest BCUT2D eigenvalue weighted by atomic mass is 35.5. The summed E-state index contributed by atoms with van der Waals surface area (Å²) in [5, 5.41) is 7.37. The third-order valence-corrected chi connectivity index (χ3v) is 5.25. The van der Waals surface area contributed by atoms with Crippen molar-refractivity contribution in [2.75, 3.05) is 13.1 Å². The molecule has 0 radical (unpaired) electrons. The molecule has 2 aliphatic carbocycles. The van der Waals surface area contributed by atoms with Crippen molar-refractivity contribution in [3.63, 3.8) is 0 Å². The lowest BCUT2D eigenvalue weighted by molar-refractivity contribution is 0.373. The molecule has 20 heavy (non-hydrogen) atoms. The molecule has 2 atom stereocenters. The molecule has 0 unspecified atom stereocenters. The number of halogens is 2. The molecule has 0 aromatic heterocycles. The third-order valence-electron chi connectivity index (χ3n) is 5.25.